The van der Waals surface area contributed by atoms with E-state index in [9.17, 15) is 24.6 Å². The van der Waals surface area contributed by atoms with Gasteiger partial charge in [-0.3, -0.25) is 4.79 Å². The number of nitrogens with one attached hydrogen (secondary N) is 1. The molecule has 0 saturated heterocycles. The molecule has 0 radical (unpaired) electrons. The summed E-state index contributed by atoms with van der Waals surface area (Å²) >= 11 is 0. The topological polar surface area (TPSA) is 109 Å². The average Bonchev–Trinajstić information content (AvgIpc) is 2.02. The van der Waals surface area contributed by atoms with Crippen molar-refractivity contribution < 1.29 is 83.7 Å². The van der Waals surface area contributed by atoms with E-state index in [1.165, 1.54) is 0 Å². The summed E-state index contributed by atoms with van der Waals surface area (Å²) in [5, 5.41) is 22.2. The Hall–Kier alpha value is 0.840. The third-order valence-electron chi connectivity index (χ3n) is 1.18. The molecule has 0 aromatic heterocycles. The van der Waals surface area contributed by atoms with Crippen molar-refractivity contribution in [3.05, 3.63) is 0 Å². The molecular weight excluding hydrogens is 243 g/mol. The number of amides is 1. The molecule has 0 bridgehead atoms. The standard InChI is InChI=1S/C6H10NO5P.2Na/c8-4(2-13)7-3(6(11)12)1-5(9)10;;/h3H,1-2,13H2,(H,7,8)(H,9,10)(H,11,12);;/q;2*+1/p-2/t3-;;/m0../s1. The number of carbonyl (C=O) groups excluding carboxylic acids is 3. The van der Waals surface area contributed by atoms with Crippen LogP contribution in [0.5, 0.6) is 0 Å². The Kier molecular flexibility index (Phi) is 16.0. The number of carboxylic acids is 2. The van der Waals surface area contributed by atoms with Crippen molar-refractivity contribution in [2.75, 3.05) is 6.16 Å². The van der Waals surface area contributed by atoms with E-state index in [-0.39, 0.29) is 65.3 Å². The molecule has 0 aliphatic heterocycles. The van der Waals surface area contributed by atoms with Gasteiger partial charge in [0.15, 0.2) is 0 Å². The maximum absolute atomic E-state index is 10.7. The van der Waals surface area contributed by atoms with Crippen molar-refractivity contribution in [2.45, 2.75) is 12.5 Å². The summed E-state index contributed by atoms with van der Waals surface area (Å²) in [5.41, 5.74) is 0. The molecule has 0 saturated carbocycles. The van der Waals surface area contributed by atoms with E-state index in [0.29, 0.717) is 0 Å². The molecule has 1 amide bonds. The minimum absolute atomic E-state index is 0. The van der Waals surface area contributed by atoms with Gasteiger partial charge >= 0.3 is 59.1 Å². The molecule has 1 N–H and O–H groups in total. The predicted octanol–water partition coefficient (Wildman–Crippen LogP) is -9.76. The summed E-state index contributed by atoms with van der Waals surface area (Å²) in [4.78, 5) is 31.0. The maximum atomic E-state index is 10.7. The van der Waals surface area contributed by atoms with Gasteiger partial charge in [0.1, 0.15) is 0 Å². The first-order valence-electron chi connectivity index (χ1n) is 3.37. The summed E-state index contributed by atoms with van der Waals surface area (Å²) in [5.74, 6) is -3.78. The average molecular weight is 251 g/mol. The van der Waals surface area contributed by atoms with Crippen LogP contribution in [-0.2, 0) is 14.4 Å². The van der Waals surface area contributed by atoms with Gasteiger partial charge in [-0.25, -0.2) is 0 Å². The molecule has 15 heavy (non-hydrogen) atoms. The minimum Gasteiger partial charge on any atom is -0.550 e. The van der Waals surface area contributed by atoms with Gasteiger partial charge in [0, 0.05) is 18.6 Å². The Morgan fingerprint density at radius 2 is 1.67 bits per heavy atom. The monoisotopic (exact) mass is 251 g/mol. The minimum atomic E-state index is -1.64. The van der Waals surface area contributed by atoms with Crippen LogP contribution in [0, 0.1) is 0 Å². The van der Waals surface area contributed by atoms with E-state index in [4.69, 9.17) is 0 Å². The van der Waals surface area contributed by atoms with Crippen molar-refractivity contribution >= 4 is 27.1 Å². The smallest absolute Gasteiger partial charge is 0.550 e. The quantitative estimate of drug-likeness (QED) is 0.385. The second-order valence-corrected chi connectivity index (χ2v) is 2.63. The molecule has 0 fully saturated rings. The predicted molar refractivity (Wildman–Crippen MR) is 41.1 cm³/mol. The van der Waals surface area contributed by atoms with Gasteiger partial charge in [-0.2, -0.15) is 0 Å². The van der Waals surface area contributed by atoms with E-state index >= 15 is 0 Å². The number of carbonyl (C=O) groups is 3. The first kappa shape index (κ1) is 21.2. The summed E-state index contributed by atoms with van der Waals surface area (Å²) in [6, 6.07) is -1.53. The Balaban J connectivity index is -0.000000720. The van der Waals surface area contributed by atoms with Crippen LogP contribution >= 0.6 is 9.24 Å². The molecule has 1 unspecified atom stereocenters. The molecule has 74 valence electrons. The fourth-order valence-corrected chi connectivity index (χ4v) is 0.731. The molecule has 0 rings (SSSR count). The van der Waals surface area contributed by atoms with Crippen LogP contribution in [-0.4, -0.2) is 30.0 Å². The molecule has 0 heterocycles. The van der Waals surface area contributed by atoms with Gasteiger partial charge in [0.05, 0.1) is 12.0 Å². The molecule has 2 atom stereocenters. The first-order chi connectivity index (χ1) is 5.97. The van der Waals surface area contributed by atoms with E-state index in [0.717, 1.165) is 0 Å². The van der Waals surface area contributed by atoms with Crippen molar-refractivity contribution in [2.24, 2.45) is 0 Å². The molecule has 9 heteroatoms. The molecule has 0 spiro atoms. The third kappa shape index (κ3) is 11.1. The third-order valence-corrected chi connectivity index (χ3v) is 1.55. The molecule has 6 nitrogen and oxygen atoms in total. The summed E-state index contributed by atoms with van der Waals surface area (Å²) < 4.78 is 0. The van der Waals surface area contributed by atoms with E-state index in [2.05, 4.69) is 9.24 Å². The van der Waals surface area contributed by atoms with Crippen molar-refractivity contribution in [3.8, 4) is 0 Å². The number of rotatable bonds is 5. The number of aliphatic carboxylic acids is 2. The van der Waals surface area contributed by atoms with Crippen LogP contribution in [0.1, 0.15) is 6.42 Å². The van der Waals surface area contributed by atoms with Gasteiger partial charge in [0.25, 0.3) is 0 Å². The molecule has 0 aliphatic carbocycles. The number of carboxylic acid groups (broad SMARTS) is 2. The normalized spacial score (nSPS) is 10.2. The Morgan fingerprint density at radius 1 is 1.20 bits per heavy atom. The Labute approximate surface area is 133 Å². The number of hydrogen-bond acceptors (Lipinski definition) is 5. The zero-order valence-corrected chi connectivity index (χ0v) is 13.8. The van der Waals surface area contributed by atoms with E-state index in [1.54, 1.807) is 0 Å². The van der Waals surface area contributed by atoms with Crippen LogP contribution in [0.2, 0.25) is 0 Å². The van der Waals surface area contributed by atoms with Gasteiger partial charge in [-0.05, 0) is 0 Å². The van der Waals surface area contributed by atoms with E-state index < -0.39 is 30.3 Å². The summed E-state index contributed by atoms with van der Waals surface area (Å²) in [6.07, 6.45) is -0.796. The van der Waals surface area contributed by atoms with Crippen LogP contribution in [0.3, 0.4) is 0 Å². The van der Waals surface area contributed by atoms with Gasteiger partial charge < -0.3 is 25.1 Å². The fraction of sp³-hybridized carbons (Fsp3) is 0.500. The van der Waals surface area contributed by atoms with Gasteiger partial charge in [-0.1, -0.05) is 0 Å². The van der Waals surface area contributed by atoms with E-state index in [1.807, 2.05) is 5.32 Å². The zero-order valence-electron chi connectivity index (χ0n) is 8.61. The maximum Gasteiger partial charge on any atom is 1.00 e. The first-order valence-corrected chi connectivity index (χ1v) is 4.19. The Morgan fingerprint density at radius 3 is 1.93 bits per heavy atom. The van der Waals surface area contributed by atoms with Crippen LogP contribution in [0.15, 0.2) is 0 Å². The second kappa shape index (κ2) is 11.3. The molecule has 0 aromatic carbocycles. The van der Waals surface area contributed by atoms with Crippen LogP contribution in [0.4, 0.5) is 0 Å². The fourth-order valence-electron chi connectivity index (χ4n) is 0.613. The summed E-state index contributed by atoms with van der Waals surface area (Å²) in [7, 11) is 2.07. The van der Waals surface area contributed by atoms with Crippen LogP contribution < -0.4 is 74.6 Å². The molecular formula is C6H8NNa2O5P. The van der Waals surface area contributed by atoms with Gasteiger partial charge in [0.2, 0.25) is 5.91 Å². The summed E-state index contributed by atoms with van der Waals surface area (Å²) in [6.45, 7) is 0. The van der Waals surface area contributed by atoms with Gasteiger partial charge in [-0.15, -0.1) is 9.24 Å². The van der Waals surface area contributed by atoms with Crippen molar-refractivity contribution in [3.63, 3.8) is 0 Å². The second-order valence-electron chi connectivity index (χ2n) is 2.22. The SMILES string of the molecule is O=C([O-])C[C@H](NC(=O)CP)C(=O)[O-].[Na+].[Na+]. The van der Waals surface area contributed by atoms with Crippen molar-refractivity contribution in [1.29, 1.82) is 0 Å². The van der Waals surface area contributed by atoms with Crippen molar-refractivity contribution in [1.82, 2.24) is 5.32 Å². The Bertz CT molecular complexity index is 238. The number of hydrogen-bond donors (Lipinski definition) is 1. The molecule has 0 aromatic rings. The largest absolute Gasteiger partial charge is 1.00 e. The zero-order chi connectivity index (χ0) is 10.4. The molecule has 0 aliphatic rings. The van der Waals surface area contributed by atoms with Crippen LogP contribution in [0.25, 0.3) is 0 Å².